The number of H-pyrrole nitrogens is 1. The van der Waals surface area contributed by atoms with Gasteiger partial charge in [-0.25, -0.2) is 4.79 Å². The smallest absolute Gasteiger partial charge is 0.410 e. The van der Waals surface area contributed by atoms with E-state index in [1.807, 2.05) is 42.5 Å². The lowest BCUT2D eigenvalue weighted by atomic mass is 9.92. The van der Waals surface area contributed by atoms with Crippen LogP contribution in [0.2, 0.25) is 5.02 Å². The molecule has 0 aliphatic carbocycles. The number of nitrogens with two attached hydrogens (primary N) is 2. The fourth-order valence-electron chi connectivity index (χ4n) is 4.67. The molecule has 0 bridgehead atoms. The number of aromatic nitrogens is 3. The Labute approximate surface area is 219 Å². The van der Waals surface area contributed by atoms with Crippen LogP contribution >= 0.6 is 11.6 Å². The molecule has 0 saturated carbocycles. The van der Waals surface area contributed by atoms with E-state index < -0.39 is 0 Å². The quantitative estimate of drug-likeness (QED) is 0.297. The predicted molar refractivity (Wildman–Crippen MR) is 142 cm³/mol. The van der Waals surface area contributed by atoms with Crippen LogP contribution in [0.4, 0.5) is 16.3 Å². The van der Waals surface area contributed by atoms with Crippen LogP contribution in [-0.4, -0.2) is 59.2 Å². The maximum Gasteiger partial charge on any atom is 0.410 e. The van der Waals surface area contributed by atoms with Crippen molar-refractivity contribution in [2.24, 2.45) is 0 Å². The van der Waals surface area contributed by atoms with E-state index in [2.05, 4.69) is 10.1 Å². The minimum absolute atomic E-state index is 0.189. The van der Waals surface area contributed by atoms with E-state index in [4.69, 9.17) is 37.3 Å². The van der Waals surface area contributed by atoms with Crippen LogP contribution in [0.15, 0.2) is 48.7 Å². The number of nitrogens with zero attached hydrogens (tertiary/aromatic N) is 3. The molecule has 10 nitrogen and oxygen atoms in total. The minimum Gasteiger partial charge on any atom is -0.492 e. The second-order valence-electron chi connectivity index (χ2n) is 8.81. The maximum atomic E-state index is 13.1. The molecule has 37 heavy (non-hydrogen) atoms. The highest BCUT2D eigenvalue weighted by Gasteiger charge is 2.35. The Morgan fingerprint density at radius 1 is 1.16 bits per heavy atom. The summed E-state index contributed by atoms with van der Waals surface area (Å²) in [5.74, 6) is 1.01. The van der Waals surface area contributed by atoms with Gasteiger partial charge in [0.1, 0.15) is 25.0 Å². The molecular weight excluding hydrogens is 496 g/mol. The van der Waals surface area contributed by atoms with Crippen molar-refractivity contribution in [2.45, 2.75) is 19.0 Å². The van der Waals surface area contributed by atoms with E-state index in [0.717, 1.165) is 27.7 Å². The normalized spacial score (nSPS) is 15.1. The van der Waals surface area contributed by atoms with E-state index in [1.54, 1.807) is 22.9 Å². The monoisotopic (exact) mass is 524 g/mol. The first-order valence-electron chi connectivity index (χ1n) is 12.0. The number of fused-ring (bicyclic) bond motifs is 3. The molecule has 1 atom stereocenters. The summed E-state index contributed by atoms with van der Waals surface area (Å²) in [4.78, 5) is 18.3. The molecule has 1 unspecified atom stereocenters. The Balaban J connectivity index is 1.39. The zero-order valence-electron chi connectivity index (χ0n) is 20.4. The van der Waals surface area contributed by atoms with E-state index in [1.165, 1.54) is 0 Å². The summed E-state index contributed by atoms with van der Waals surface area (Å²) >= 11 is 6.29. The number of nitrogen functional groups attached to an aromatic ring is 2. The number of hydrogen-bond donors (Lipinski definition) is 3. The van der Waals surface area contributed by atoms with Gasteiger partial charge in [0.05, 0.1) is 25.0 Å². The maximum absolute atomic E-state index is 13.1. The first-order chi connectivity index (χ1) is 17.9. The van der Waals surface area contributed by atoms with Crippen LogP contribution in [0.3, 0.4) is 0 Å². The van der Waals surface area contributed by atoms with Crippen molar-refractivity contribution < 1.29 is 19.0 Å². The molecule has 3 heterocycles. The highest BCUT2D eigenvalue weighted by Crippen LogP contribution is 2.39. The van der Waals surface area contributed by atoms with E-state index in [9.17, 15) is 4.79 Å². The number of aromatic amines is 1. The number of carbonyl (C=O) groups excluding carboxylic acids is 1. The second kappa shape index (κ2) is 10.6. The first kappa shape index (κ1) is 24.8. The Morgan fingerprint density at radius 3 is 2.70 bits per heavy atom. The average molecular weight is 525 g/mol. The second-order valence-corrected chi connectivity index (χ2v) is 9.25. The molecule has 0 spiro atoms. The van der Waals surface area contributed by atoms with Gasteiger partial charge in [0.2, 0.25) is 0 Å². The number of methoxy groups -OCH3 is 1. The zero-order valence-corrected chi connectivity index (χ0v) is 21.2. The number of amides is 1. The third-order valence-electron chi connectivity index (χ3n) is 6.44. The molecule has 2 aromatic heterocycles. The van der Waals surface area contributed by atoms with Gasteiger partial charge < -0.3 is 30.7 Å². The lowest BCUT2D eigenvalue weighted by molar-refractivity contribution is 0.0629. The third-order valence-corrected chi connectivity index (χ3v) is 6.68. The van der Waals surface area contributed by atoms with Crippen LogP contribution in [0.25, 0.3) is 10.9 Å². The third kappa shape index (κ3) is 5.16. The van der Waals surface area contributed by atoms with Crippen molar-refractivity contribution >= 4 is 40.1 Å². The zero-order chi connectivity index (χ0) is 25.9. The lowest BCUT2D eigenvalue weighted by Crippen LogP contribution is -2.41. The lowest BCUT2D eigenvalue weighted by Gasteiger charge is -2.35. The van der Waals surface area contributed by atoms with Gasteiger partial charge in [0, 0.05) is 35.3 Å². The number of rotatable bonds is 8. The number of carbonyl (C=O) groups is 1. The van der Waals surface area contributed by atoms with Crippen LogP contribution in [0.5, 0.6) is 5.75 Å². The molecule has 5 N–H and O–H groups in total. The van der Waals surface area contributed by atoms with Gasteiger partial charge in [0.25, 0.3) is 0 Å². The van der Waals surface area contributed by atoms with Gasteiger partial charge in [0.15, 0.2) is 5.82 Å². The Morgan fingerprint density at radius 2 is 1.97 bits per heavy atom. The summed E-state index contributed by atoms with van der Waals surface area (Å²) in [5, 5.41) is 5.88. The largest absolute Gasteiger partial charge is 0.492 e. The van der Waals surface area contributed by atoms with Crippen LogP contribution in [-0.2, 0) is 22.4 Å². The molecule has 1 aliphatic heterocycles. The van der Waals surface area contributed by atoms with E-state index in [-0.39, 0.29) is 18.7 Å². The van der Waals surface area contributed by atoms with Gasteiger partial charge in [-0.15, -0.1) is 0 Å². The standard InChI is InChI=1S/C26H29ClN6O4/c1-35-12-13-37-26(34)33-9-8-19-20-14-17(27)4-7-22(20)30-23(19)24(33)16-2-5-18(6-3-16)36-11-10-32-15-21(28)25(29)31-32/h2-7,14-15,24,30H,8-13,28H2,1H3,(H2,29,31). The van der Waals surface area contributed by atoms with Gasteiger partial charge in [-0.1, -0.05) is 23.7 Å². The molecule has 1 aliphatic rings. The van der Waals surface area contributed by atoms with Crippen molar-refractivity contribution in [1.29, 1.82) is 0 Å². The molecule has 1 amide bonds. The van der Waals surface area contributed by atoms with Crippen LogP contribution < -0.4 is 16.2 Å². The van der Waals surface area contributed by atoms with Crippen molar-refractivity contribution in [3.63, 3.8) is 0 Å². The summed E-state index contributed by atoms with van der Waals surface area (Å²) in [6.45, 7) is 1.94. The van der Waals surface area contributed by atoms with Crippen LogP contribution in [0.1, 0.15) is 22.9 Å². The highest BCUT2D eigenvalue weighted by atomic mass is 35.5. The average Bonchev–Trinajstić information content (AvgIpc) is 3.42. The molecule has 0 fully saturated rings. The summed E-state index contributed by atoms with van der Waals surface area (Å²) in [5.41, 5.74) is 15.9. The number of hydrogen-bond acceptors (Lipinski definition) is 7. The Bertz CT molecular complexity index is 1380. The van der Waals surface area contributed by atoms with Crippen molar-refractivity contribution in [3.8, 4) is 5.75 Å². The number of anilines is 2. The fraction of sp³-hybridized carbons (Fsp3) is 0.308. The van der Waals surface area contributed by atoms with Gasteiger partial charge in [-0.05, 0) is 47.9 Å². The minimum atomic E-state index is -0.387. The molecule has 4 aromatic rings. The topological polar surface area (TPSA) is 134 Å². The molecule has 11 heteroatoms. The van der Waals surface area contributed by atoms with E-state index in [0.29, 0.717) is 55.0 Å². The van der Waals surface area contributed by atoms with Gasteiger partial charge in [-0.2, -0.15) is 5.10 Å². The van der Waals surface area contributed by atoms with Gasteiger partial charge in [-0.3, -0.25) is 9.58 Å². The van der Waals surface area contributed by atoms with Crippen molar-refractivity contribution in [3.05, 3.63) is 70.5 Å². The number of benzene rings is 2. The highest BCUT2D eigenvalue weighted by molar-refractivity contribution is 6.31. The van der Waals surface area contributed by atoms with Crippen LogP contribution in [0, 0.1) is 0 Å². The molecule has 2 aromatic carbocycles. The fourth-order valence-corrected chi connectivity index (χ4v) is 4.84. The Hall–Kier alpha value is -3.89. The Kier molecular flexibility index (Phi) is 7.11. The molecule has 5 rings (SSSR count). The predicted octanol–water partition coefficient (Wildman–Crippen LogP) is 3.99. The summed E-state index contributed by atoms with van der Waals surface area (Å²) in [7, 11) is 1.57. The SMILES string of the molecule is COCCOC(=O)N1CCc2c([nH]c3ccc(Cl)cc23)C1c1ccc(OCCn2cc(N)c(N)n2)cc1. The van der Waals surface area contributed by atoms with Gasteiger partial charge >= 0.3 is 6.09 Å². The first-order valence-corrected chi connectivity index (χ1v) is 12.4. The van der Waals surface area contributed by atoms with E-state index >= 15 is 0 Å². The number of nitrogens with one attached hydrogen (secondary N) is 1. The number of ether oxygens (including phenoxy) is 3. The molecular formula is C26H29ClN6O4. The summed E-state index contributed by atoms with van der Waals surface area (Å²) < 4.78 is 18.1. The van der Waals surface area contributed by atoms with Crippen molar-refractivity contribution in [2.75, 3.05) is 44.9 Å². The number of halogens is 1. The molecule has 0 radical (unpaired) electrons. The molecule has 0 saturated heterocycles. The molecule has 194 valence electrons. The summed E-state index contributed by atoms with van der Waals surface area (Å²) in [6, 6.07) is 13.1. The summed E-state index contributed by atoms with van der Waals surface area (Å²) in [6.07, 6.45) is 1.98. The van der Waals surface area contributed by atoms with Crippen molar-refractivity contribution in [1.82, 2.24) is 19.7 Å².